The van der Waals surface area contributed by atoms with Crippen molar-refractivity contribution in [3.05, 3.63) is 29.3 Å². The first-order valence-electron chi connectivity index (χ1n) is 5.30. The van der Waals surface area contributed by atoms with Crippen molar-refractivity contribution in [2.24, 2.45) is 5.73 Å². The van der Waals surface area contributed by atoms with Crippen molar-refractivity contribution >= 4 is 0 Å². The molecule has 2 rings (SSSR count). The molecule has 1 aliphatic heterocycles. The first-order chi connectivity index (χ1) is 7.24. The van der Waals surface area contributed by atoms with E-state index in [0.717, 1.165) is 18.7 Å². The molecule has 0 saturated heterocycles. The molecule has 0 fully saturated rings. The number of hydrogen-bond acceptors (Lipinski definition) is 3. The Bertz CT molecular complexity index is 351. The molecule has 15 heavy (non-hydrogen) atoms. The Balaban J connectivity index is 2.29. The molecule has 1 atom stereocenters. The van der Waals surface area contributed by atoms with Crippen LogP contribution in [0.5, 0.6) is 5.75 Å². The van der Waals surface area contributed by atoms with Crippen LogP contribution < -0.4 is 10.5 Å². The van der Waals surface area contributed by atoms with Crippen LogP contribution in [0, 0.1) is 0 Å². The summed E-state index contributed by atoms with van der Waals surface area (Å²) in [4.78, 5) is 2.31. The summed E-state index contributed by atoms with van der Waals surface area (Å²) >= 11 is 0. The van der Waals surface area contributed by atoms with Gasteiger partial charge in [0, 0.05) is 19.1 Å². The van der Waals surface area contributed by atoms with E-state index >= 15 is 0 Å². The summed E-state index contributed by atoms with van der Waals surface area (Å²) in [5.41, 5.74) is 8.52. The van der Waals surface area contributed by atoms with Crippen LogP contribution >= 0.6 is 0 Å². The average Bonchev–Trinajstić information content (AvgIpc) is 2.27. The maximum absolute atomic E-state index is 5.75. The fraction of sp³-hybridized carbons (Fsp3) is 0.500. The van der Waals surface area contributed by atoms with E-state index in [9.17, 15) is 0 Å². The number of hydrogen-bond donors (Lipinski definition) is 1. The summed E-state index contributed by atoms with van der Waals surface area (Å²) < 4.78 is 5.23. The van der Waals surface area contributed by atoms with Gasteiger partial charge in [0.15, 0.2) is 0 Å². The van der Waals surface area contributed by atoms with Crippen molar-refractivity contribution in [3.63, 3.8) is 0 Å². The van der Waals surface area contributed by atoms with E-state index in [1.807, 2.05) is 6.07 Å². The Hall–Kier alpha value is -1.06. The summed E-state index contributed by atoms with van der Waals surface area (Å²) in [5, 5.41) is 0. The molecule has 0 saturated carbocycles. The van der Waals surface area contributed by atoms with Crippen LogP contribution in [0.3, 0.4) is 0 Å². The number of fused-ring (bicyclic) bond motifs is 1. The molecule has 1 unspecified atom stereocenters. The Morgan fingerprint density at radius 3 is 2.93 bits per heavy atom. The molecular weight excluding hydrogens is 188 g/mol. The average molecular weight is 206 g/mol. The highest BCUT2D eigenvalue weighted by Gasteiger charge is 2.22. The van der Waals surface area contributed by atoms with Crippen LogP contribution in [-0.2, 0) is 13.0 Å². The van der Waals surface area contributed by atoms with Gasteiger partial charge < -0.3 is 10.5 Å². The Morgan fingerprint density at radius 2 is 2.27 bits per heavy atom. The topological polar surface area (TPSA) is 38.5 Å². The van der Waals surface area contributed by atoms with Gasteiger partial charge in [-0.2, -0.15) is 0 Å². The van der Waals surface area contributed by atoms with E-state index < -0.39 is 0 Å². The number of likely N-dealkylation sites (N-methyl/N-ethyl adjacent to an activating group) is 1. The second-order valence-electron chi connectivity index (χ2n) is 4.14. The van der Waals surface area contributed by atoms with Crippen molar-refractivity contribution in [1.82, 2.24) is 4.90 Å². The molecule has 1 aliphatic rings. The Kier molecular flexibility index (Phi) is 2.93. The first-order valence-corrected chi connectivity index (χ1v) is 5.30. The first kappa shape index (κ1) is 10.5. The van der Waals surface area contributed by atoms with Gasteiger partial charge in [-0.25, -0.2) is 0 Å². The number of benzene rings is 1. The molecule has 0 spiro atoms. The maximum atomic E-state index is 5.75. The lowest BCUT2D eigenvalue weighted by atomic mass is 9.94. The van der Waals surface area contributed by atoms with Crippen molar-refractivity contribution in [2.45, 2.75) is 19.0 Å². The fourth-order valence-electron chi connectivity index (χ4n) is 2.14. The molecule has 3 nitrogen and oxygen atoms in total. The quantitative estimate of drug-likeness (QED) is 0.785. The number of ether oxygens (including phenoxy) is 1. The van der Waals surface area contributed by atoms with Gasteiger partial charge in [0.2, 0.25) is 0 Å². The largest absolute Gasteiger partial charge is 0.497 e. The number of methoxy groups -OCH3 is 1. The van der Waals surface area contributed by atoms with E-state index in [0.29, 0.717) is 12.6 Å². The maximum Gasteiger partial charge on any atom is 0.119 e. The zero-order chi connectivity index (χ0) is 10.8. The summed E-state index contributed by atoms with van der Waals surface area (Å²) in [7, 11) is 3.84. The van der Waals surface area contributed by atoms with Gasteiger partial charge in [-0.1, -0.05) is 6.07 Å². The van der Waals surface area contributed by atoms with Crippen LogP contribution in [0.1, 0.15) is 11.1 Å². The normalized spacial score (nSPS) is 21.1. The van der Waals surface area contributed by atoms with Crippen LogP contribution in [-0.4, -0.2) is 31.6 Å². The highest BCUT2D eigenvalue weighted by atomic mass is 16.5. The summed E-state index contributed by atoms with van der Waals surface area (Å²) in [5.74, 6) is 0.939. The molecule has 2 N–H and O–H groups in total. The third kappa shape index (κ3) is 1.98. The molecule has 0 aromatic heterocycles. The van der Waals surface area contributed by atoms with E-state index in [1.54, 1.807) is 7.11 Å². The Labute approximate surface area is 90.8 Å². The lowest BCUT2D eigenvalue weighted by Gasteiger charge is -2.33. The van der Waals surface area contributed by atoms with E-state index in [-0.39, 0.29) is 0 Å². The predicted octanol–water partition coefficient (Wildman–Crippen LogP) is 1.01. The van der Waals surface area contributed by atoms with Gasteiger partial charge in [0.05, 0.1) is 7.11 Å². The minimum atomic E-state index is 0.463. The van der Waals surface area contributed by atoms with Crippen molar-refractivity contribution < 1.29 is 4.74 Å². The Morgan fingerprint density at radius 1 is 1.47 bits per heavy atom. The lowest BCUT2D eigenvalue weighted by Crippen LogP contribution is -2.42. The van der Waals surface area contributed by atoms with Crippen molar-refractivity contribution in [1.29, 1.82) is 0 Å². The van der Waals surface area contributed by atoms with Crippen molar-refractivity contribution in [3.8, 4) is 5.75 Å². The van der Waals surface area contributed by atoms with Gasteiger partial charge in [-0.15, -0.1) is 0 Å². The number of nitrogens with two attached hydrogens (primary N) is 1. The molecule has 0 amide bonds. The van der Waals surface area contributed by atoms with Gasteiger partial charge in [0.25, 0.3) is 0 Å². The third-order valence-electron chi connectivity index (χ3n) is 3.18. The predicted molar refractivity (Wildman–Crippen MR) is 61.0 cm³/mol. The van der Waals surface area contributed by atoms with Crippen LogP contribution in [0.4, 0.5) is 0 Å². The molecule has 1 aromatic carbocycles. The lowest BCUT2D eigenvalue weighted by molar-refractivity contribution is 0.220. The monoisotopic (exact) mass is 206 g/mol. The van der Waals surface area contributed by atoms with Gasteiger partial charge in [-0.3, -0.25) is 4.90 Å². The number of nitrogens with zero attached hydrogens (tertiary/aromatic N) is 1. The SMILES string of the molecule is COc1ccc2c(c1)CC(CN)N(C)C2. The van der Waals surface area contributed by atoms with Gasteiger partial charge in [-0.05, 0) is 36.7 Å². The molecule has 0 aliphatic carbocycles. The standard InChI is InChI=1S/C12H18N2O/c1-14-8-9-3-4-12(15-2)6-10(9)5-11(14)7-13/h3-4,6,11H,5,7-8,13H2,1-2H3. The highest BCUT2D eigenvalue weighted by molar-refractivity contribution is 5.37. The molecular formula is C12H18N2O. The second kappa shape index (κ2) is 4.21. The molecule has 1 aromatic rings. The van der Waals surface area contributed by atoms with Gasteiger partial charge >= 0.3 is 0 Å². The smallest absolute Gasteiger partial charge is 0.119 e. The van der Waals surface area contributed by atoms with Crippen LogP contribution in [0.25, 0.3) is 0 Å². The molecule has 82 valence electrons. The molecule has 1 heterocycles. The zero-order valence-corrected chi connectivity index (χ0v) is 9.36. The minimum absolute atomic E-state index is 0.463. The van der Waals surface area contributed by atoms with E-state index in [1.165, 1.54) is 11.1 Å². The summed E-state index contributed by atoms with van der Waals surface area (Å²) in [6, 6.07) is 6.77. The van der Waals surface area contributed by atoms with Crippen LogP contribution in [0.15, 0.2) is 18.2 Å². The molecule has 0 bridgehead atoms. The summed E-state index contributed by atoms with van der Waals surface area (Å²) in [6.07, 6.45) is 1.03. The highest BCUT2D eigenvalue weighted by Crippen LogP contribution is 2.25. The second-order valence-corrected chi connectivity index (χ2v) is 4.14. The van der Waals surface area contributed by atoms with Crippen molar-refractivity contribution in [2.75, 3.05) is 20.7 Å². The fourth-order valence-corrected chi connectivity index (χ4v) is 2.14. The van der Waals surface area contributed by atoms with E-state index in [2.05, 4.69) is 24.1 Å². The van der Waals surface area contributed by atoms with Gasteiger partial charge in [0.1, 0.15) is 5.75 Å². The van der Waals surface area contributed by atoms with Crippen LogP contribution in [0.2, 0.25) is 0 Å². The minimum Gasteiger partial charge on any atom is -0.497 e. The number of rotatable bonds is 2. The zero-order valence-electron chi connectivity index (χ0n) is 9.36. The molecule has 0 radical (unpaired) electrons. The summed E-state index contributed by atoms with van der Waals surface area (Å²) in [6.45, 7) is 1.70. The van der Waals surface area contributed by atoms with E-state index in [4.69, 9.17) is 10.5 Å². The third-order valence-corrected chi connectivity index (χ3v) is 3.18. The molecule has 3 heteroatoms.